The van der Waals surface area contributed by atoms with Gasteiger partial charge in [-0.25, -0.2) is 0 Å². The predicted octanol–water partition coefficient (Wildman–Crippen LogP) is -0.647. The maximum atomic E-state index is 10.8. The van der Waals surface area contributed by atoms with Crippen LogP contribution in [0.25, 0.3) is 0 Å². The number of carboxylic acids is 2. The molecule has 0 fully saturated rings. The summed E-state index contributed by atoms with van der Waals surface area (Å²) in [4.78, 5) is 21.7. The molecule has 5 heteroatoms. The molecule has 0 aliphatic heterocycles. The monoisotopic (exact) mass is 244 g/mol. The van der Waals surface area contributed by atoms with Gasteiger partial charge in [0.1, 0.15) is 0 Å². The van der Waals surface area contributed by atoms with Gasteiger partial charge < -0.3 is 11.6 Å². The molecule has 4 nitrogen and oxygen atoms in total. The number of hydrogen-bond acceptors (Lipinski definition) is 2. The molecule has 18 heavy (non-hydrogen) atoms. The molecule has 0 heterocycles. The van der Waals surface area contributed by atoms with Gasteiger partial charge >= 0.3 is 30.8 Å². The molecule has 0 saturated carbocycles. The van der Waals surface area contributed by atoms with Crippen molar-refractivity contribution in [1.82, 2.24) is 0 Å². The minimum absolute atomic E-state index is 0. The van der Waals surface area contributed by atoms with E-state index in [-0.39, 0.29) is 31.3 Å². The van der Waals surface area contributed by atoms with Crippen molar-refractivity contribution in [2.45, 2.75) is 32.1 Å². The Kier molecular flexibility index (Phi) is 5.66. The minimum atomic E-state index is -1.50. The summed E-state index contributed by atoms with van der Waals surface area (Å²) in [5.41, 5.74) is 1.29. The van der Waals surface area contributed by atoms with Gasteiger partial charge in [-0.3, -0.25) is 9.59 Å². The molecular formula is C13H17LiO4. The molecule has 1 aromatic carbocycles. The van der Waals surface area contributed by atoms with E-state index in [4.69, 9.17) is 10.2 Å². The van der Waals surface area contributed by atoms with Crippen molar-refractivity contribution in [3.8, 4) is 0 Å². The first kappa shape index (κ1) is 16.8. The second kappa shape index (κ2) is 6.08. The minimum Gasteiger partial charge on any atom is -1.00 e. The van der Waals surface area contributed by atoms with Crippen molar-refractivity contribution in [2.75, 3.05) is 0 Å². The maximum Gasteiger partial charge on any atom is 1.00 e. The van der Waals surface area contributed by atoms with Crippen molar-refractivity contribution < 1.29 is 40.1 Å². The molecule has 1 rings (SSSR count). The van der Waals surface area contributed by atoms with E-state index in [1.54, 1.807) is 24.3 Å². The summed E-state index contributed by atoms with van der Waals surface area (Å²) in [6.07, 6.45) is 0. The van der Waals surface area contributed by atoms with Gasteiger partial charge in [-0.15, -0.1) is 0 Å². The van der Waals surface area contributed by atoms with Gasteiger partial charge in [0, 0.05) is 0 Å². The van der Waals surface area contributed by atoms with E-state index in [1.807, 2.05) is 20.8 Å². The van der Waals surface area contributed by atoms with Crippen molar-refractivity contribution >= 4 is 11.9 Å². The Morgan fingerprint density at radius 1 is 1.06 bits per heavy atom. The van der Waals surface area contributed by atoms with E-state index in [2.05, 4.69) is 0 Å². The third-order valence-electron chi connectivity index (χ3n) is 2.60. The SMILES string of the molecule is CC(C)(C)c1ccc(C(C(=O)O)C(=O)O)cc1.[H-].[Li+]. The number of benzene rings is 1. The van der Waals surface area contributed by atoms with Gasteiger partial charge in [0.05, 0.1) is 0 Å². The van der Waals surface area contributed by atoms with Crippen LogP contribution in [0.2, 0.25) is 0 Å². The van der Waals surface area contributed by atoms with Gasteiger partial charge in [0.2, 0.25) is 0 Å². The van der Waals surface area contributed by atoms with Crippen molar-refractivity contribution in [2.24, 2.45) is 0 Å². The summed E-state index contributed by atoms with van der Waals surface area (Å²) >= 11 is 0. The number of rotatable bonds is 3. The van der Waals surface area contributed by atoms with Gasteiger partial charge in [-0.1, -0.05) is 45.0 Å². The van der Waals surface area contributed by atoms with Gasteiger partial charge in [-0.05, 0) is 16.5 Å². The Morgan fingerprint density at radius 2 is 1.44 bits per heavy atom. The van der Waals surface area contributed by atoms with Crippen LogP contribution < -0.4 is 18.9 Å². The van der Waals surface area contributed by atoms with Crippen LogP contribution in [0.1, 0.15) is 39.2 Å². The largest absolute Gasteiger partial charge is 1.00 e. The van der Waals surface area contributed by atoms with Crippen LogP contribution in [-0.2, 0) is 15.0 Å². The molecular weight excluding hydrogens is 227 g/mol. The average molecular weight is 244 g/mol. The van der Waals surface area contributed by atoms with E-state index < -0.39 is 17.9 Å². The van der Waals surface area contributed by atoms with E-state index in [0.717, 1.165) is 5.56 Å². The molecule has 2 N–H and O–H groups in total. The first-order chi connectivity index (χ1) is 7.73. The Bertz CT molecular complexity index is 423. The van der Waals surface area contributed by atoms with Crippen LogP contribution in [0.5, 0.6) is 0 Å². The molecule has 0 aromatic heterocycles. The summed E-state index contributed by atoms with van der Waals surface area (Å²) in [7, 11) is 0. The second-order valence-corrected chi connectivity index (χ2v) is 4.98. The van der Waals surface area contributed by atoms with E-state index in [1.165, 1.54) is 0 Å². The van der Waals surface area contributed by atoms with Gasteiger partial charge in [0.25, 0.3) is 0 Å². The molecule has 0 atom stereocenters. The van der Waals surface area contributed by atoms with Crippen LogP contribution in [0, 0.1) is 0 Å². The number of carboxylic acid groups (broad SMARTS) is 2. The van der Waals surface area contributed by atoms with Crippen molar-refractivity contribution in [3.05, 3.63) is 35.4 Å². The first-order valence-corrected chi connectivity index (χ1v) is 5.29. The van der Waals surface area contributed by atoms with Crippen LogP contribution in [-0.4, -0.2) is 22.2 Å². The fraction of sp³-hybridized carbons (Fsp3) is 0.385. The van der Waals surface area contributed by atoms with E-state index in [9.17, 15) is 9.59 Å². The van der Waals surface area contributed by atoms with E-state index in [0.29, 0.717) is 0 Å². The Hall–Kier alpha value is -1.24. The molecule has 0 aliphatic carbocycles. The fourth-order valence-corrected chi connectivity index (χ4v) is 1.57. The molecule has 0 aliphatic rings. The molecule has 0 bridgehead atoms. The predicted molar refractivity (Wildman–Crippen MR) is 64.3 cm³/mol. The molecule has 0 spiro atoms. The maximum absolute atomic E-state index is 10.8. The summed E-state index contributed by atoms with van der Waals surface area (Å²) in [5, 5.41) is 17.7. The zero-order valence-electron chi connectivity index (χ0n) is 12.1. The standard InChI is InChI=1S/C13H16O4.Li.H/c1-13(2,3)9-6-4-8(5-7-9)10(11(14)15)12(16)17;;/h4-7,10H,1-3H3,(H,14,15)(H,16,17);;/q;+1;-1. The second-order valence-electron chi connectivity index (χ2n) is 4.98. The number of aliphatic carboxylic acids is 2. The first-order valence-electron chi connectivity index (χ1n) is 5.29. The van der Waals surface area contributed by atoms with Gasteiger partial charge in [-0.2, -0.15) is 0 Å². The van der Waals surface area contributed by atoms with Crippen LogP contribution in [0.3, 0.4) is 0 Å². The molecule has 94 valence electrons. The normalized spacial score (nSPS) is 10.9. The topological polar surface area (TPSA) is 74.6 Å². The summed E-state index contributed by atoms with van der Waals surface area (Å²) < 4.78 is 0. The molecule has 1 aromatic rings. The van der Waals surface area contributed by atoms with Crippen LogP contribution >= 0.6 is 0 Å². The van der Waals surface area contributed by atoms with Crippen molar-refractivity contribution in [3.63, 3.8) is 0 Å². The average Bonchev–Trinajstić information content (AvgIpc) is 2.15. The van der Waals surface area contributed by atoms with E-state index >= 15 is 0 Å². The fourth-order valence-electron chi connectivity index (χ4n) is 1.57. The molecule has 0 unspecified atom stereocenters. The molecule has 0 saturated heterocycles. The number of hydrogen-bond donors (Lipinski definition) is 2. The Balaban J connectivity index is 0. The third-order valence-corrected chi connectivity index (χ3v) is 2.60. The van der Waals surface area contributed by atoms with Crippen LogP contribution in [0.15, 0.2) is 24.3 Å². The van der Waals surface area contributed by atoms with Crippen LogP contribution in [0.4, 0.5) is 0 Å². The summed E-state index contributed by atoms with van der Waals surface area (Å²) in [5.74, 6) is -4.19. The summed E-state index contributed by atoms with van der Waals surface area (Å²) in [6, 6.07) is 6.67. The quantitative estimate of drug-likeness (QED) is 0.547. The summed E-state index contributed by atoms with van der Waals surface area (Å²) in [6.45, 7) is 6.11. The molecule has 0 radical (unpaired) electrons. The smallest absolute Gasteiger partial charge is 1.00 e. The zero-order valence-corrected chi connectivity index (χ0v) is 11.1. The molecule has 0 amide bonds. The Labute approximate surface area is 120 Å². The zero-order chi connectivity index (χ0) is 13.2. The third kappa shape index (κ3) is 3.90. The Morgan fingerprint density at radius 3 is 1.72 bits per heavy atom. The van der Waals surface area contributed by atoms with Crippen molar-refractivity contribution in [1.29, 1.82) is 0 Å². The van der Waals surface area contributed by atoms with Gasteiger partial charge in [0.15, 0.2) is 5.92 Å². The number of carbonyl (C=O) groups is 2.